The minimum atomic E-state index is -4.44. The summed E-state index contributed by atoms with van der Waals surface area (Å²) in [6.07, 6.45) is -4.44. The average molecular weight is 364 g/mol. The van der Waals surface area contributed by atoms with E-state index in [1.807, 2.05) is 30.3 Å². The van der Waals surface area contributed by atoms with Crippen LogP contribution in [0.3, 0.4) is 0 Å². The number of benzene rings is 2. The van der Waals surface area contributed by atoms with Crippen molar-refractivity contribution in [1.29, 1.82) is 0 Å². The molecular formula is C19H19F3N2O2. The average Bonchev–Trinajstić information content (AvgIpc) is 2.61. The molecule has 26 heavy (non-hydrogen) atoms. The van der Waals surface area contributed by atoms with Gasteiger partial charge in [0, 0.05) is 32.1 Å². The van der Waals surface area contributed by atoms with E-state index in [1.165, 1.54) is 6.92 Å². The molecule has 0 aromatic heterocycles. The molecule has 4 nitrogen and oxygen atoms in total. The molecule has 0 heterocycles. The molecule has 0 atom stereocenters. The number of nitrogens with one attached hydrogen (secondary N) is 1. The maximum atomic E-state index is 12.5. The quantitative estimate of drug-likeness (QED) is 0.853. The van der Waals surface area contributed by atoms with E-state index < -0.39 is 17.6 Å². The Morgan fingerprint density at radius 3 is 2.15 bits per heavy atom. The van der Waals surface area contributed by atoms with E-state index in [9.17, 15) is 22.8 Å². The number of carbonyl (C=O) groups excluding carboxylic acids is 2. The lowest BCUT2D eigenvalue weighted by Gasteiger charge is -2.21. The van der Waals surface area contributed by atoms with Gasteiger partial charge < -0.3 is 10.2 Å². The number of rotatable bonds is 6. The van der Waals surface area contributed by atoms with Crippen molar-refractivity contribution in [2.45, 2.75) is 19.6 Å². The number of hydrogen-bond donors (Lipinski definition) is 1. The lowest BCUT2D eigenvalue weighted by Crippen LogP contribution is -2.37. The fourth-order valence-corrected chi connectivity index (χ4v) is 2.37. The molecule has 1 N–H and O–H groups in total. The molecule has 0 bridgehead atoms. The lowest BCUT2D eigenvalue weighted by molar-refractivity contribution is -0.137. The van der Waals surface area contributed by atoms with Crippen molar-refractivity contribution < 1.29 is 22.8 Å². The molecule has 0 radical (unpaired) electrons. The number of halogens is 3. The van der Waals surface area contributed by atoms with Crippen LogP contribution in [0.5, 0.6) is 0 Å². The van der Waals surface area contributed by atoms with Crippen LogP contribution in [0.4, 0.5) is 13.2 Å². The molecule has 0 aliphatic rings. The predicted molar refractivity (Wildman–Crippen MR) is 91.3 cm³/mol. The summed E-state index contributed by atoms with van der Waals surface area (Å²) >= 11 is 0. The summed E-state index contributed by atoms with van der Waals surface area (Å²) in [6, 6.07) is 13.4. The van der Waals surface area contributed by atoms with E-state index in [-0.39, 0.29) is 18.0 Å². The molecule has 138 valence electrons. The van der Waals surface area contributed by atoms with Gasteiger partial charge in [0.15, 0.2) is 0 Å². The number of hydrogen-bond acceptors (Lipinski definition) is 2. The van der Waals surface area contributed by atoms with E-state index >= 15 is 0 Å². The third-order valence-electron chi connectivity index (χ3n) is 3.80. The number of carbonyl (C=O) groups is 2. The molecule has 2 aromatic carbocycles. The zero-order chi connectivity index (χ0) is 19.2. The Kier molecular flexibility index (Phi) is 6.38. The van der Waals surface area contributed by atoms with Crippen LogP contribution in [0.25, 0.3) is 0 Å². The highest BCUT2D eigenvalue weighted by Crippen LogP contribution is 2.29. The van der Waals surface area contributed by atoms with Crippen molar-refractivity contribution in [1.82, 2.24) is 10.2 Å². The highest BCUT2D eigenvalue weighted by Gasteiger charge is 2.30. The molecule has 0 saturated carbocycles. The van der Waals surface area contributed by atoms with Gasteiger partial charge in [-0.25, -0.2) is 0 Å². The molecule has 0 saturated heterocycles. The normalized spacial score (nSPS) is 11.1. The summed E-state index contributed by atoms with van der Waals surface area (Å²) in [5.41, 5.74) is 0.298. The summed E-state index contributed by atoms with van der Waals surface area (Å²) in [5.74, 6) is -0.612. The Hall–Kier alpha value is -2.83. The lowest BCUT2D eigenvalue weighted by atomic mass is 10.1. The Morgan fingerprint density at radius 1 is 1.00 bits per heavy atom. The summed E-state index contributed by atoms with van der Waals surface area (Å²) in [7, 11) is 0. The van der Waals surface area contributed by atoms with E-state index in [1.54, 1.807) is 4.90 Å². The molecule has 2 aromatic rings. The Morgan fingerprint density at radius 2 is 1.62 bits per heavy atom. The van der Waals surface area contributed by atoms with Crippen molar-refractivity contribution >= 4 is 11.8 Å². The van der Waals surface area contributed by atoms with Gasteiger partial charge in [-0.2, -0.15) is 13.2 Å². The fourth-order valence-electron chi connectivity index (χ4n) is 2.37. The van der Waals surface area contributed by atoms with E-state index in [0.717, 1.165) is 29.8 Å². The highest BCUT2D eigenvalue weighted by molar-refractivity contribution is 5.94. The van der Waals surface area contributed by atoms with Gasteiger partial charge >= 0.3 is 6.18 Å². The first-order valence-corrected chi connectivity index (χ1v) is 8.02. The fraction of sp³-hybridized carbons (Fsp3) is 0.263. The maximum absolute atomic E-state index is 12.5. The van der Waals surface area contributed by atoms with Gasteiger partial charge in [0.1, 0.15) is 0 Å². The minimum Gasteiger partial charge on any atom is -0.350 e. The first-order chi connectivity index (χ1) is 12.3. The van der Waals surface area contributed by atoms with E-state index in [0.29, 0.717) is 13.1 Å². The third-order valence-corrected chi connectivity index (χ3v) is 3.80. The van der Waals surface area contributed by atoms with Crippen LogP contribution >= 0.6 is 0 Å². The van der Waals surface area contributed by atoms with Gasteiger partial charge in [-0.1, -0.05) is 30.3 Å². The van der Waals surface area contributed by atoms with E-state index in [4.69, 9.17) is 0 Å². The van der Waals surface area contributed by atoms with Gasteiger partial charge in [-0.3, -0.25) is 9.59 Å². The minimum absolute atomic E-state index is 0.127. The van der Waals surface area contributed by atoms with Crippen LogP contribution in [0.1, 0.15) is 28.4 Å². The first kappa shape index (κ1) is 19.5. The number of amides is 2. The molecule has 2 amide bonds. The molecule has 0 fully saturated rings. The van der Waals surface area contributed by atoms with Crippen LogP contribution in [-0.4, -0.2) is 29.8 Å². The smallest absolute Gasteiger partial charge is 0.350 e. The SMILES string of the molecule is CC(=O)N(CCNC(=O)c1ccc(C(F)(F)F)cc1)Cc1ccccc1. The summed E-state index contributed by atoms with van der Waals surface area (Å²) < 4.78 is 37.6. The van der Waals surface area contributed by atoms with Crippen molar-refractivity contribution in [3.8, 4) is 0 Å². The van der Waals surface area contributed by atoms with Gasteiger partial charge in [0.25, 0.3) is 5.91 Å². The van der Waals surface area contributed by atoms with Crippen LogP contribution in [0, 0.1) is 0 Å². The van der Waals surface area contributed by atoms with Crippen molar-refractivity contribution in [3.05, 3.63) is 71.3 Å². The molecule has 0 spiro atoms. The Bertz CT molecular complexity index is 744. The molecule has 0 aliphatic carbocycles. The number of alkyl halides is 3. The first-order valence-electron chi connectivity index (χ1n) is 8.02. The molecule has 0 aliphatic heterocycles. The van der Waals surface area contributed by atoms with Gasteiger partial charge in [0.2, 0.25) is 5.91 Å². The highest BCUT2D eigenvalue weighted by atomic mass is 19.4. The molecule has 2 rings (SSSR count). The van der Waals surface area contributed by atoms with Gasteiger partial charge in [0.05, 0.1) is 5.56 Å². The Labute approximate surface area is 149 Å². The summed E-state index contributed by atoms with van der Waals surface area (Å²) in [4.78, 5) is 25.3. The molecule has 0 unspecified atom stereocenters. The summed E-state index contributed by atoms with van der Waals surface area (Å²) in [5, 5.41) is 2.61. The second kappa shape index (κ2) is 8.51. The topological polar surface area (TPSA) is 49.4 Å². The van der Waals surface area contributed by atoms with Crippen molar-refractivity contribution in [3.63, 3.8) is 0 Å². The van der Waals surface area contributed by atoms with Crippen LogP contribution in [0.2, 0.25) is 0 Å². The second-order valence-corrected chi connectivity index (χ2v) is 5.76. The zero-order valence-corrected chi connectivity index (χ0v) is 14.2. The Balaban J connectivity index is 1.88. The summed E-state index contributed by atoms with van der Waals surface area (Å²) in [6.45, 7) is 2.37. The van der Waals surface area contributed by atoms with Crippen molar-refractivity contribution in [2.24, 2.45) is 0 Å². The zero-order valence-electron chi connectivity index (χ0n) is 14.2. The molecular weight excluding hydrogens is 345 g/mol. The third kappa shape index (κ3) is 5.61. The van der Waals surface area contributed by atoms with Crippen LogP contribution < -0.4 is 5.32 Å². The monoisotopic (exact) mass is 364 g/mol. The standard InChI is InChI=1S/C19H19F3N2O2/c1-14(25)24(13-15-5-3-2-4-6-15)12-11-23-18(26)16-7-9-17(10-8-16)19(20,21)22/h2-10H,11-13H2,1H3,(H,23,26). The number of nitrogens with zero attached hydrogens (tertiary/aromatic N) is 1. The van der Waals surface area contributed by atoms with Gasteiger partial charge in [-0.15, -0.1) is 0 Å². The van der Waals surface area contributed by atoms with E-state index in [2.05, 4.69) is 5.32 Å². The second-order valence-electron chi connectivity index (χ2n) is 5.76. The van der Waals surface area contributed by atoms with Crippen LogP contribution in [0.15, 0.2) is 54.6 Å². The van der Waals surface area contributed by atoms with Crippen LogP contribution in [-0.2, 0) is 17.5 Å². The van der Waals surface area contributed by atoms with Crippen molar-refractivity contribution in [2.75, 3.05) is 13.1 Å². The predicted octanol–water partition coefficient (Wildman–Crippen LogP) is 3.48. The van der Waals surface area contributed by atoms with Gasteiger partial charge in [-0.05, 0) is 29.8 Å². The largest absolute Gasteiger partial charge is 0.416 e. The molecule has 7 heteroatoms. The maximum Gasteiger partial charge on any atom is 0.416 e.